The number of nitrogens with zero attached hydrogens (tertiary/aromatic N) is 2. The minimum Gasteiger partial charge on any atom is -0.492 e. The number of fused-ring (bicyclic) bond motifs is 2. The molecule has 9 heteroatoms. The molecule has 1 aliphatic carbocycles. The number of hydrogen-bond acceptors (Lipinski definition) is 7. The minimum atomic E-state index is -0.879. The van der Waals surface area contributed by atoms with E-state index in [0.717, 1.165) is 22.4 Å². The molecule has 0 spiro atoms. The van der Waals surface area contributed by atoms with E-state index in [-0.39, 0.29) is 12.3 Å². The Bertz CT molecular complexity index is 1670. The van der Waals surface area contributed by atoms with E-state index < -0.39 is 17.9 Å². The normalized spacial score (nSPS) is 17.1. The van der Waals surface area contributed by atoms with Gasteiger partial charge in [-0.2, -0.15) is 5.26 Å². The number of ether oxygens (including phenoxy) is 3. The van der Waals surface area contributed by atoms with Gasteiger partial charge in [0.05, 0.1) is 24.3 Å². The lowest BCUT2D eigenvalue weighted by Crippen LogP contribution is -2.07. The third-order valence-corrected chi connectivity index (χ3v) is 7.45. The molecule has 0 amide bonds. The Kier molecular flexibility index (Phi) is 6.39. The van der Waals surface area contributed by atoms with Crippen molar-refractivity contribution in [1.29, 1.82) is 5.26 Å². The van der Waals surface area contributed by atoms with Gasteiger partial charge >= 0.3 is 5.97 Å². The zero-order valence-electron chi connectivity index (χ0n) is 21.9. The van der Waals surface area contributed by atoms with Crippen LogP contribution in [0.1, 0.15) is 58.6 Å². The molecular weight excluding hydrogens is 515 g/mol. The lowest BCUT2D eigenvalue weighted by molar-refractivity contribution is -0.137. The Balaban J connectivity index is 1.25. The second-order valence-electron chi connectivity index (χ2n) is 10.0. The van der Waals surface area contributed by atoms with Crippen LogP contribution in [0.15, 0.2) is 53.1 Å². The first kappa shape index (κ1) is 25.4. The molecule has 2 heterocycles. The number of aliphatic carboxylic acids is 1. The van der Waals surface area contributed by atoms with Gasteiger partial charge in [-0.1, -0.05) is 17.3 Å². The van der Waals surface area contributed by atoms with Crippen molar-refractivity contribution >= 4 is 5.97 Å². The molecule has 0 fully saturated rings. The Morgan fingerprint density at radius 1 is 1.18 bits per heavy atom. The molecule has 40 heavy (non-hydrogen) atoms. The molecule has 4 aromatic rings. The number of hydrogen-bond donors (Lipinski definition) is 1. The van der Waals surface area contributed by atoms with Gasteiger partial charge in [0.15, 0.2) is 0 Å². The van der Waals surface area contributed by atoms with Gasteiger partial charge in [0.1, 0.15) is 46.7 Å². The highest BCUT2D eigenvalue weighted by Gasteiger charge is 2.32. The summed E-state index contributed by atoms with van der Waals surface area (Å²) in [5.41, 5.74) is 4.65. The number of carboxylic acids is 1. The SMILES string of the molecule is Cc1noc(C)c1-c1ccc(Oc2ccc(F)c3c2CC[C@H]3Oc2ccc3c(c2)OCC3CC(=O)O)c(C#N)c1. The summed E-state index contributed by atoms with van der Waals surface area (Å²) in [5, 5.41) is 23.0. The molecule has 202 valence electrons. The number of carboxylic acid groups (broad SMARTS) is 1. The summed E-state index contributed by atoms with van der Waals surface area (Å²) in [7, 11) is 0. The Morgan fingerprint density at radius 3 is 2.75 bits per heavy atom. The van der Waals surface area contributed by atoms with E-state index in [1.807, 2.05) is 26.0 Å². The molecule has 1 aromatic heterocycles. The lowest BCUT2D eigenvalue weighted by Gasteiger charge is -2.17. The molecular formula is C31H25FN2O6. The molecule has 0 radical (unpaired) electrons. The van der Waals surface area contributed by atoms with Gasteiger partial charge in [-0.3, -0.25) is 4.79 Å². The minimum absolute atomic E-state index is 0.00670. The summed E-state index contributed by atoms with van der Waals surface area (Å²) in [6, 6.07) is 15.7. The fourth-order valence-corrected chi connectivity index (χ4v) is 5.61. The summed E-state index contributed by atoms with van der Waals surface area (Å²) in [6.07, 6.45) is 0.536. The number of nitriles is 1. The van der Waals surface area contributed by atoms with Crippen LogP contribution in [0.5, 0.6) is 23.0 Å². The topological polar surface area (TPSA) is 115 Å². The van der Waals surface area contributed by atoms with Gasteiger partial charge in [-0.05, 0) is 62.6 Å². The van der Waals surface area contributed by atoms with Crippen molar-refractivity contribution in [1.82, 2.24) is 5.16 Å². The van der Waals surface area contributed by atoms with Gasteiger partial charge in [0.25, 0.3) is 0 Å². The molecule has 2 aliphatic rings. The van der Waals surface area contributed by atoms with E-state index in [0.29, 0.717) is 64.9 Å². The number of aromatic nitrogens is 1. The standard InChI is InChI=1S/C31H25FN2O6/c1-16-30(17(2)40-34-16)18-3-8-25(19(11-18)14-33)39-26-10-7-24(32)31-23(26)6-9-27(31)38-21-4-5-22-20(12-29(35)36)15-37-28(22)13-21/h3-5,7-8,10-11,13,20,27H,6,9,12,15H2,1-2H3,(H,35,36)/t20?,27-/m1/s1. The summed E-state index contributed by atoms with van der Waals surface area (Å²) in [6.45, 7) is 3.96. The van der Waals surface area contributed by atoms with E-state index >= 15 is 4.39 Å². The largest absolute Gasteiger partial charge is 0.492 e. The maximum Gasteiger partial charge on any atom is 0.304 e. The predicted octanol–water partition coefficient (Wildman–Crippen LogP) is 6.78. The van der Waals surface area contributed by atoms with Crippen LogP contribution < -0.4 is 14.2 Å². The van der Waals surface area contributed by atoms with Gasteiger partial charge in [0.2, 0.25) is 0 Å². The number of benzene rings is 3. The lowest BCUT2D eigenvalue weighted by atomic mass is 9.98. The monoisotopic (exact) mass is 540 g/mol. The number of aryl methyl sites for hydroxylation is 2. The number of carbonyl (C=O) groups is 1. The Morgan fingerprint density at radius 2 is 2.00 bits per heavy atom. The number of halogens is 1. The summed E-state index contributed by atoms with van der Waals surface area (Å²) < 4.78 is 38.4. The zero-order valence-corrected chi connectivity index (χ0v) is 21.9. The average Bonchev–Trinajstić information content (AvgIpc) is 3.63. The van der Waals surface area contributed by atoms with Gasteiger partial charge in [-0.15, -0.1) is 0 Å². The summed E-state index contributed by atoms with van der Waals surface area (Å²) >= 11 is 0. The van der Waals surface area contributed by atoms with Gasteiger partial charge < -0.3 is 23.8 Å². The number of rotatable bonds is 7. The molecule has 1 N–H and O–H groups in total. The molecule has 6 rings (SSSR count). The Hall–Kier alpha value is -4.84. The molecule has 2 atom stereocenters. The van der Waals surface area contributed by atoms with E-state index in [4.69, 9.17) is 23.8 Å². The third kappa shape index (κ3) is 4.51. The summed E-state index contributed by atoms with van der Waals surface area (Å²) in [4.78, 5) is 11.1. The molecule has 8 nitrogen and oxygen atoms in total. The molecule has 1 aliphatic heterocycles. The second-order valence-corrected chi connectivity index (χ2v) is 10.0. The molecule has 0 saturated heterocycles. The fraction of sp³-hybridized carbons (Fsp3) is 0.258. The highest BCUT2D eigenvalue weighted by atomic mass is 19.1. The molecule has 1 unspecified atom stereocenters. The highest BCUT2D eigenvalue weighted by molar-refractivity contribution is 5.71. The second kappa shape index (κ2) is 10.0. The van der Waals surface area contributed by atoms with Gasteiger partial charge in [-0.25, -0.2) is 4.39 Å². The predicted molar refractivity (Wildman–Crippen MR) is 141 cm³/mol. The smallest absolute Gasteiger partial charge is 0.304 e. The van der Waals surface area contributed by atoms with Crippen LogP contribution in [0.3, 0.4) is 0 Å². The van der Waals surface area contributed by atoms with Crippen molar-refractivity contribution in [3.63, 3.8) is 0 Å². The van der Waals surface area contributed by atoms with Crippen LogP contribution in [0.2, 0.25) is 0 Å². The first-order valence-electron chi connectivity index (χ1n) is 12.9. The van der Waals surface area contributed by atoms with Gasteiger partial charge in [0, 0.05) is 34.2 Å². The van der Waals surface area contributed by atoms with E-state index in [2.05, 4.69) is 11.2 Å². The average molecular weight is 541 g/mol. The summed E-state index contributed by atoms with van der Waals surface area (Å²) in [5.74, 6) is 1.12. The fourth-order valence-electron chi connectivity index (χ4n) is 5.61. The maximum absolute atomic E-state index is 15.1. The van der Waals surface area contributed by atoms with Crippen LogP contribution in [0.4, 0.5) is 4.39 Å². The van der Waals surface area contributed by atoms with Crippen molar-refractivity contribution in [2.75, 3.05) is 6.61 Å². The maximum atomic E-state index is 15.1. The highest BCUT2D eigenvalue weighted by Crippen LogP contribution is 2.45. The third-order valence-electron chi connectivity index (χ3n) is 7.45. The molecule has 0 bridgehead atoms. The van der Waals surface area contributed by atoms with Crippen LogP contribution in [-0.4, -0.2) is 22.8 Å². The van der Waals surface area contributed by atoms with E-state index in [1.165, 1.54) is 6.07 Å². The van der Waals surface area contributed by atoms with E-state index in [9.17, 15) is 10.1 Å². The van der Waals surface area contributed by atoms with Crippen molar-refractivity contribution < 1.29 is 33.0 Å². The van der Waals surface area contributed by atoms with Crippen molar-refractivity contribution in [3.8, 4) is 40.2 Å². The quantitative estimate of drug-likeness (QED) is 0.273. The van der Waals surface area contributed by atoms with Crippen molar-refractivity contribution in [2.45, 2.75) is 45.1 Å². The first-order chi connectivity index (χ1) is 19.3. The van der Waals surface area contributed by atoms with Crippen LogP contribution >= 0.6 is 0 Å². The zero-order chi connectivity index (χ0) is 28.0. The Labute approximate surface area is 229 Å². The van der Waals surface area contributed by atoms with Crippen molar-refractivity contribution in [2.24, 2.45) is 0 Å². The van der Waals surface area contributed by atoms with Crippen LogP contribution in [0.25, 0.3) is 11.1 Å². The van der Waals surface area contributed by atoms with Crippen LogP contribution in [-0.2, 0) is 11.2 Å². The molecule has 3 aromatic carbocycles. The van der Waals surface area contributed by atoms with E-state index in [1.54, 1.807) is 30.3 Å². The first-order valence-corrected chi connectivity index (χ1v) is 12.9. The molecule has 0 saturated carbocycles. The van der Waals surface area contributed by atoms with Crippen LogP contribution in [0, 0.1) is 31.0 Å². The van der Waals surface area contributed by atoms with Crippen molar-refractivity contribution in [3.05, 3.63) is 88.1 Å².